The van der Waals surface area contributed by atoms with Gasteiger partial charge in [-0.2, -0.15) is 0 Å². The van der Waals surface area contributed by atoms with Crippen LogP contribution in [0.4, 0.5) is 10.5 Å². The van der Waals surface area contributed by atoms with E-state index in [-0.39, 0.29) is 12.5 Å². The first-order valence-corrected chi connectivity index (χ1v) is 5.92. The molecule has 3 N–H and O–H groups in total. The van der Waals surface area contributed by atoms with Gasteiger partial charge in [-0.15, -0.1) is 0 Å². The van der Waals surface area contributed by atoms with Crippen molar-refractivity contribution < 1.29 is 14.7 Å². The summed E-state index contributed by atoms with van der Waals surface area (Å²) in [7, 11) is 0. The van der Waals surface area contributed by atoms with E-state index in [1.165, 1.54) is 0 Å². The van der Waals surface area contributed by atoms with Gasteiger partial charge < -0.3 is 15.7 Å². The average molecular weight is 271 g/mol. The lowest BCUT2D eigenvalue weighted by molar-refractivity contribution is 0.102. The van der Waals surface area contributed by atoms with Crippen molar-refractivity contribution in [2.24, 2.45) is 0 Å². The fourth-order valence-corrected chi connectivity index (χ4v) is 1.59. The van der Waals surface area contributed by atoms with Crippen LogP contribution in [0, 0.1) is 0 Å². The molecule has 6 nitrogen and oxygen atoms in total. The monoisotopic (exact) mass is 271 g/mol. The second-order valence-corrected chi connectivity index (χ2v) is 4.05. The summed E-state index contributed by atoms with van der Waals surface area (Å²) in [5.41, 5.74) is 1.95. The maximum Gasteiger partial charge on any atom is 0.404 e. The van der Waals surface area contributed by atoms with Crippen LogP contribution in [0.3, 0.4) is 0 Å². The van der Waals surface area contributed by atoms with Crippen LogP contribution in [0.15, 0.2) is 48.8 Å². The number of hydrogen-bond acceptors (Lipinski definition) is 3. The molecule has 1 heterocycles. The zero-order valence-electron chi connectivity index (χ0n) is 10.5. The minimum Gasteiger partial charge on any atom is -0.465 e. The molecular formula is C14H13N3O3. The van der Waals surface area contributed by atoms with E-state index in [1.807, 2.05) is 0 Å². The summed E-state index contributed by atoms with van der Waals surface area (Å²) >= 11 is 0. The molecule has 0 fully saturated rings. The third kappa shape index (κ3) is 3.81. The largest absolute Gasteiger partial charge is 0.465 e. The highest BCUT2D eigenvalue weighted by atomic mass is 16.4. The minimum absolute atomic E-state index is 0.210. The van der Waals surface area contributed by atoms with Gasteiger partial charge in [-0.3, -0.25) is 9.78 Å². The first-order valence-electron chi connectivity index (χ1n) is 5.92. The molecule has 2 rings (SSSR count). The van der Waals surface area contributed by atoms with Gasteiger partial charge in [0.15, 0.2) is 0 Å². The highest BCUT2D eigenvalue weighted by Gasteiger charge is 2.06. The number of carboxylic acid groups (broad SMARTS) is 1. The fraction of sp³-hybridized carbons (Fsp3) is 0.0714. The van der Waals surface area contributed by atoms with E-state index in [1.54, 1.807) is 48.8 Å². The number of rotatable bonds is 4. The summed E-state index contributed by atoms with van der Waals surface area (Å²) in [4.78, 5) is 26.2. The van der Waals surface area contributed by atoms with Crippen LogP contribution in [-0.4, -0.2) is 22.1 Å². The Morgan fingerprint density at radius 1 is 1.05 bits per heavy atom. The fourth-order valence-electron chi connectivity index (χ4n) is 1.59. The summed E-state index contributed by atoms with van der Waals surface area (Å²) in [5, 5.41) is 13.5. The lowest BCUT2D eigenvalue weighted by atomic mass is 10.1. The molecule has 0 saturated carbocycles. The molecule has 102 valence electrons. The number of amides is 2. The summed E-state index contributed by atoms with van der Waals surface area (Å²) < 4.78 is 0. The Bertz CT molecular complexity index is 597. The average Bonchev–Trinajstić information content (AvgIpc) is 2.46. The maximum atomic E-state index is 12.0. The molecule has 6 heteroatoms. The Kier molecular flexibility index (Phi) is 4.28. The van der Waals surface area contributed by atoms with Crippen LogP contribution in [0.5, 0.6) is 0 Å². The lowest BCUT2D eigenvalue weighted by Gasteiger charge is -2.06. The number of pyridine rings is 1. The highest BCUT2D eigenvalue weighted by Crippen LogP contribution is 2.09. The second-order valence-electron chi connectivity index (χ2n) is 4.05. The van der Waals surface area contributed by atoms with Crippen LogP contribution in [0.25, 0.3) is 0 Å². The number of nitrogens with one attached hydrogen (secondary N) is 2. The van der Waals surface area contributed by atoms with E-state index in [4.69, 9.17) is 5.11 Å². The number of hydrogen-bond donors (Lipinski definition) is 3. The Morgan fingerprint density at radius 2 is 1.70 bits per heavy atom. The molecule has 1 aromatic carbocycles. The lowest BCUT2D eigenvalue weighted by Crippen LogP contribution is -2.20. The van der Waals surface area contributed by atoms with Crippen molar-refractivity contribution in [3.8, 4) is 0 Å². The summed E-state index contributed by atoms with van der Waals surface area (Å²) in [5.74, 6) is -0.228. The first-order chi connectivity index (χ1) is 9.65. The van der Waals surface area contributed by atoms with E-state index in [0.29, 0.717) is 11.3 Å². The van der Waals surface area contributed by atoms with Gasteiger partial charge in [0.05, 0.1) is 0 Å². The smallest absolute Gasteiger partial charge is 0.404 e. The van der Waals surface area contributed by atoms with Gasteiger partial charge in [-0.1, -0.05) is 12.1 Å². The Balaban J connectivity index is 1.99. The molecule has 0 saturated heterocycles. The molecule has 0 spiro atoms. The van der Waals surface area contributed by atoms with Crippen LogP contribution < -0.4 is 10.6 Å². The first kappa shape index (κ1) is 13.5. The van der Waals surface area contributed by atoms with Crippen LogP contribution >= 0.6 is 0 Å². The number of benzene rings is 1. The third-order valence-electron chi connectivity index (χ3n) is 2.60. The van der Waals surface area contributed by atoms with Crippen molar-refractivity contribution in [2.45, 2.75) is 6.54 Å². The highest BCUT2D eigenvalue weighted by molar-refractivity contribution is 6.04. The molecule has 0 bridgehead atoms. The molecule has 0 aliphatic heterocycles. The quantitative estimate of drug-likeness (QED) is 0.794. The minimum atomic E-state index is -1.08. The van der Waals surface area contributed by atoms with Gasteiger partial charge in [0.1, 0.15) is 0 Å². The zero-order chi connectivity index (χ0) is 14.4. The Hall–Kier alpha value is -2.89. The van der Waals surface area contributed by atoms with Crippen molar-refractivity contribution in [2.75, 3.05) is 5.32 Å². The normalized spacial score (nSPS) is 9.80. The maximum absolute atomic E-state index is 12.0. The number of aromatic nitrogens is 1. The number of nitrogens with zero attached hydrogens (tertiary/aromatic N) is 1. The molecule has 0 unspecified atom stereocenters. The molecule has 0 radical (unpaired) electrons. The van der Waals surface area contributed by atoms with E-state index in [2.05, 4.69) is 15.6 Å². The molecule has 0 aliphatic rings. The van der Waals surface area contributed by atoms with Crippen molar-refractivity contribution >= 4 is 17.7 Å². The zero-order valence-corrected chi connectivity index (χ0v) is 10.5. The van der Waals surface area contributed by atoms with Crippen molar-refractivity contribution in [3.63, 3.8) is 0 Å². The second kappa shape index (κ2) is 6.33. The van der Waals surface area contributed by atoms with E-state index in [9.17, 15) is 9.59 Å². The molecule has 1 aromatic heterocycles. The summed E-state index contributed by atoms with van der Waals surface area (Å²) in [6.45, 7) is 0.210. The standard InChI is InChI=1S/C14H13N3O3/c18-13(17-12-5-7-15-8-6-12)11-3-1-10(2-4-11)9-16-14(19)20/h1-8,16H,9H2,(H,19,20)(H,15,17,18). The SMILES string of the molecule is O=C(O)NCc1ccc(C(=O)Nc2ccncc2)cc1. The molecular weight excluding hydrogens is 258 g/mol. The predicted octanol–water partition coefficient (Wildman–Crippen LogP) is 2.10. The summed E-state index contributed by atoms with van der Waals surface area (Å²) in [6.07, 6.45) is 2.11. The Labute approximate surface area is 115 Å². The Morgan fingerprint density at radius 3 is 2.30 bits per heavy atom. The van der Waals surface area contributed by atoms with Gasteiger partial charge in [0, 0.05) is 30.2 Å². The van der Waals surface area contributed by atoms with Gasteiger partial charge in [0.25, 0.3) is 5.91 Å². The number of anilines is 1. The van der Waals surface area contributed by atoms with Crippen LogP contribution in [0.1, 0.15) is 15.9 Å². The van der Waals surface area contributed by atoms with Gasteiger partial charge in [-0.05, 0) is 29.8 Å². The number of carbonyl (C=O) groups is 2. The van der Waals surface area contributed by atoms with Crippen molar-refractivity contribution in [1.29, 1.82) is 0 Å². The van der Waals surface area contributed by atoms with E-state index < -0.39 is 6.09 Å². The molecule has 20 heavy (non-hydrogen) atoms. The van der Waals surface area contributed by atoms with Crippen molar-refractivity contribution in [1.82, 2.24) is 10.3 Å². The molecule has 2 aromatic rings. The van der Waals surface area contributed by atoms with Gasteiger partial charge in [-0.25, -0.2) is 4.79 Å². The van der Waals surface area contributed by atoms with Crippen LogP contribution in [0.2, 0.25) is 0 Å². The molecule has 0 aliphatic carbocycles. The van der Waals surface area contributed by atoms with E-state index in [0.717, 1.165) is 5.56 Å². The topological polar surface area (TPSA) is 91.3 Å². The molecule has 2 amide bonds. The molecule has 0 atom stereocenters. The number of carbonyl (C=O) groups excluding carboxylic acids is 1. The third-order valence-corrected chi connectivity index (χ3v) is 2.60. The summed E-state index contributed by atoms with van der Waals surface area (Å²) in [6, 6.07) is 10.1. The van der Waals surface area contributed by atoms with Crippen LogP contribution in [-0.2, 0) is 6.54 Å². The van der Waals surface area contributed by atoms with Crippen molar-refractivity contribution in [3.05, 3.63) is 59.9 Å². The predicted molar refractivity (Wildman–Crippen MR) is 73.5 cm³/mol. The van der Waals surface area contributed by atoms with Gasteiger partial charge in [0.2, 0.25) is 0 Å². The van der Waals surface area contributed by atoms with Gasteiger partial charge >= 0.3 is 6.09 Å². The van der Waals surface area contributed by atoms with E-state index >= 15 is 0 Å².